The van der Waals surface area contributed by atoms with Gasteiger partial charge in [0.1, 0.15) is 37.2 Å². The van der Waals surface area contributed by atoms with Gasteiger partial charge in [-0.3, -0.25) is 4.79 Å². The Morgan fingerprint density at radius 1 is 1.22 bits per heavy atom. The number of morpholine rings is 1. The van der Waals surface area contributed by atoms with Gasteiger partial charge >= 0.3 is 0 Å². The van der Waals surface area contributed by atoms with Gasteiger partial charge in [0.05, 0.1) is 17.9 Å². The summed E-state index contributed by atoms with van der Waals surface area (Å²) in [4.78, 5) is 16.8. The van der Waals surface area contributed by atoms with Gasteiger partial charge in [0, 0.05) is 19.1 Å². The molecule has 32 heavy (non-hydrogen) atoms. The molecule has 0 bridgehead atoms. The van der Waals surface area contributed by atoms with Crippen LogP contribution in [0.5, 0.6) is 5.75 Å². The molecule has 1 unspecified atom stereocenters. The van der Waals surface area contributed by atoms with Gasteiger partial charge in [-0.25, -0.2) is 4.39 Å². The Morgan fingerprint density at radius 3 is 2.78 bits per heavy atom. The van der Waals surface area contributed by atoms with Gasteiger partial charge in [0.25, 0.3) is 0 Å². The summed E-state index contributed by atoms with van der Waals surface area (Å²) in [6.45, 7) is 4.46. The predicted molar refractivity (Wildman–Crippen MR) is 114 cm³/mol. The molecule has 1 amide bonds. The topological polar surface area (TPSA) is 85.1 Å². The Morgan fingerprint density at radius 2 is 2.00 bits per heavy atom. The zero-order valence-electron chi connectivity index (χ0n) is 17.9. The molecular weight excluding hydrogens is 415 g/mol. The second kappa shape index (κ2) is 8.70. The lowest BCUT2D eigenvalue weighted by molar-refractivity contribution is -0.154. The van der Waals surface area contributed by atoms with Crippen molar-refractivity contribution in [3.63, 3.8) is 0 Å². The monoisotopic (exact) mass is 440 g/mol. The lowest BCUT2D eigenvalue weighted by Gasteiger charge is -2.42. The summed E-state index contributed by atoms with van der Waals surface area (Å²) in [5.41, 5.74) is 2.67. The van der Waals surface area contributed by atoms with Crippen molar-refractivity contribution in [1.82, 2.24) is 24.7 Å². The number of carbonyl (C=O) groups is 1. The molecule has 9 nitrogen and oxygen atoms in total. The molecule has 1 aromatic carbocycles. The zero-order chi connectivity index (χ0) is 22.1. The van der Waals surface area contributed by atoms with Crippen LogP contribution in [0.1, 0.15) is 18.5 Å². The smallest absolute Gasteiger partial charge is 0.248 e. The average Bonchev–Trinajstić information content (AvgIpc) is 3.28. The van der Waals surface area contributed by atoms with E-state index in [1.807, 2.05) is 17.9 Å². The van der Waals surface area contributed by atoms with Gasteiger partial charge < -0.3 is 19.3 Å². The van der Waals surface area contributed by atoms with Crippen LogP contribution in [0.3, 0.4) is 0 Å². The number of ether oxygens (including phenoxy) is 2. The van der Waals surface area contributed by atoms with Crippen LogP contribution < -0.4 is 9.64 Å². The van der Waals surface area contributed by atoms with Crippen molar-refractivity contribution in [2.75, 3.05) is 37.7 Å². The summed E-state index contributed by atoms with van der Waals surface area (Å²) in [5, 5.41) is 12.6. The van der Waals surface area contributed by atoms with Crippen LogP contribution in [0.25, 0.3) is 5.65 Å². The normalized spacial score (nSPS) is 20.2. The van der Waals surface area contributed by atoms with Crippen molar-refractivity contribution in [1.29, 1.82) is 0 Å². The summed E-state index contributed by atoms with van der Waals surface area (Å²) < 4.78 is 26.2. The summed E-state index contributed by atoms with van der Waals surface area (Å²) in [7, 11) is 0. The molecule has 168 valence electrons. The Balaban J connectivity index is 1.20. The number of carbonyl (C=O) groups excluding carboxylic acids is 1. The second-order valence-electron chi connectivity index (χ2n) is 8.23. The minimum Gasteiger partial charge on any atom is -0.491 e. The molecule has 2 aliphatic heterocycles. The van der Waals surface area contributed by atoms with Crippen LogP contribution in [0.15, 0.2) is 36.7 Å². The van der Waals surface area contributed by atoms with E-state index in [4.69, 9.17) is 9.47 Å². The first-order chi connectivity index (χ1) is 15.6. The third-order valence-electron chi connectivity index (χ3n) is 6.03. The highest BCUT2D eigenvalue weighted by Crippen LogP contribution is 2.27. The van der Waals surface area contributed by atoms with Crippen LogP contribution in [-0.4, -0.2) is 75.6 Å². The summed E-state index contributed by atoms with van der Waals surface area (Å²) >= 11 is 0. The fourth-order valence-electron chi connectivity index (χ4n) is 4.40. The van der Waals surface area contributed by atoms with Crippen molar-refractivity contribution < 1.29 is 18.7 Å². The Labute approximate surface area is 184 Å². The number of aryl methyl sites for hydroxylation is 1. The number of fused-ring (bicyclic) bond motifs is 1. The van der Waals surface area contributed by atoms with Gasteiger partial charge in [-0.15, -0.1) is 10.2 Å². The van der Waals surface area contributed by atoms with Crippen LogP contribution in [0.2, 0.25) is 0 Å². The van der Waals surface area contributed by atoms with Gasteiger partial charge in [0.2, 0.25) is 11.6 Å². The summed E-state index contributed by atoms with van der Waals surface area (Å²) in [6, 6.07) is 8.09. The first kappa shape index (κ1) is 20.6. The lowest BCUT2D eigenvalue weighted by atomic mass is 10.0. The van der Waals surface area contributed by atoms with Gasteiger partial charge in [-0.2, -0.15) is 9.61 Å². The Bertz CT molecular complexity index is 1100. The third-order valence-corrected chi connectivity index (χ3v) is 6.03. The minimum absolute atomic E-state index is 0.0149. The summed E-state index contributed by atoms with van der Waals surface area (Å²) in [5.74, 6) is 0.293. The number of hydrogen-bond acceptors (Lipinski definition) is 7. The van der Waals surface area contributed by atoms with E-state index in [1.165, 1.54) is 12.1 Å². The standard InChI is InChI=1S/C22H25FN6O3/c1-15-10-20(22-25-24-14-29(22)26-15)27-8-6-17(7-9-27)28-11-19(32-13-21(28)30)12-31-18-4-2-16(23)3-5-18/h2-5,10,14,17,19H,6-9,11-13H2,1H3. The second-order valence-corrected chi connectivity index (χ2v) is 8.23. The van der Waals surface area contributed by atoms with Crippen LogP contribution >= 0.6 is 0 Å². The minimum atomic E-state index is -0.305. The number of amides is 1. The molecule has 0 aliphatic carbocycles. The third kappa shape index (κ3) is 4.22. The van der Waals surface area contributed by atoms with Crippen molar-refractivity contribution >= 4 is 17.2 Å². The Kier molecular flexibility index (Phi) is 5.60. The van der Waals surface area contributed by atoms with E-state index in [1.54, 1.807) is 23.0 Å². The number of piperidine rings is 1. The molecule has 0 saturated carbocycles. The molecule has 5 rings (SSSR count). The molecule has 4 heterocycles. The molecule has 1 atom stereocenters. The number of hydrogen-bond donors (Lipinski definition) is 0. The van der Waals surface area contributed by atoms with E-state index in [-0.39, 0.29) is 30.5 Å². The van der Waals surface area contributed by atoms with E-state index in [0.717, 1.165) is 43.0 Å². The number of halogens is 1. The van der Waals surface area contributed by atoms with E-state index in [0.29, 0.717) is 18.9 Å². The molecule has 2 saturated heterocycles. The SMILES string of the molecule is Cc1cc(N2CCC(N3CC(COc4ccc(F)cc4)OCC3=O)CC2)c2nncn2n1. The quantitative estimate of drug-likeness (QED) is 0.599. The van der Waals surface area contributed by atoms with Crippen molar-refractivity contribution in [2.45, 2.75) is 31.9 Å². The Hall–Kier alpha value is -3.27. The largest absolute Gasteiger partial charge is 0.491 e. The molecule has 3 aromatic rings. The number of rotatable bonds is 5. The van der Waals surface area contributed by atoms with Crippen molar-refractivity contribution in [3.05, 3.63) is 48.2 Å². The zero-order valence-corrected chi connectivity index (χ0v) is 17.9. The van der Waals surface area contributed by atoms with E-state index < -0.39 is 0 Å². The molecule has 0 N–H and O–H groups in total. The highest BCUT2D eigenvalue weighted by atomic mass is 19.1. The van der Waals surface area contributed by atoms with Crippen molar-refractivity contribution in [2.24, 2.45) is 0 Å². The highest BCUT2D eigenvalue weighted by Gasteiger charge is 2.34. The average molecular weight is 440 g/mol. The van der Waals surface area contributed by atoms with E-state index in [2.05, 4.69) is 20.2 Å². The first-order valence-corrected chi connectivity index (χ1v) is 10.8. The molecule has 2 fully saturated rings. The first-order valence-electron chi connectivity index (χ1n) is 10.8. The number of anilines is 1. The predicted octanol–water partition coefficient (Wildman–Crippen LogP) is 1.85. The highest BCUT2D eigenvalue weighted by molar-refractivity contribution is 5.78. The maximum atomic E-state index is 13.1. The van der Waals surface area contributed by atoms with E-state index in [9.17, 15) is 9.18 Å². The molecular formula is C22H25FN6O3. The fourth-order valence-corrected chi connectivity index (χ4v) is 4.40. The molecule has 0 radical (unpaired) electrons. The van der Waals surface area contributed by atoms with Gasteiger partial charge in [0.15, 0.2) is 0 Å². The van der Waals surface area contributed by atoms with Crippen LogP contribution in [-0.2, 0) is 9.53 Å². The lowest BCUT2D eigenvalue weighted by Crippen LogP contribution is -2.55. The number of nitrogens with zero attached hydrogens (tertiary/aromatic N) is 6. The fraction of sp³-hybridized carbons (Fsp3) is 0.455. The van der Waals surface area contributed by atoms with E-state index >= 15 is 0 Å². The maximum absolute atomic E-state index is 13.1. The summed E-state index contributed by atoms with van der Waals surface area (Å²) in [6.07, 6.45) is 3.12. The van der Waals surface area contributed by atoms with Crippen molar-refractivity contribution in [3.8, 4) is 5.75 Å². The van der Waals surface area contributed by atoms with Gasteiger partial charge in [-0.1, -0.05) is 0 Å². The molecule has 10 heteroatoms. The number of aromatic nitrogens is 4. The maximum Gasteiger partial charge on any atom is 0.248 e. The van der Waals surface area contributed by atoms with Crippen LogP contribution in [0, 0.1) is 12.7 Å². The van der Waals surface area contributed by atoms with Crippen LogP contribution in [0.4, 0.5) is 10.1 Å². The van der Waals surface area contributed by atoms with Gasteiger partial charge in [-0.05, 0) is 50.1 Å². The molecule has 0 spiro atoms. The molecule has 2 aromatic heterocycles. The molecule has 2 aliphatic rings. The number of benzene rings is 1.